The highest BCUT2D eigenvalue weighted by Crippen LogP contribution is 2.26. The smallest absolute Gasteiger partial charge is 0.330 e. The van der Waals surface area contributed by atoms with Gasteiger partial charge >= 0.3 is 6.18 Å². The summed E-state index contributed by atoms with van der Waals surface area (Å²) in [5.74, 6) is -1.13. The average molecular weight is 230 g/mol. The largest absolute Gasteiger partial charge is 0.453 e. The van der Waals surface area contributed by atoms with Gasteiger partial charge in [-0.15, -0.1) is 5.10 Å². The first-order valence-electron chi connectivity index (χ1n) is 4.64. The van der Waals surface area contributed by atoms with Crippen LogP contribution in [0.4, 0.5) is 13.2 Å². The van der Waals surface area contributed by atoms with Crippen LogP contribution in [0, 0.1) is 0 Å². The van der Waals surface area contributed by atoms with Gasteiger partial charge in [0.1, 0.15) is 0 Å². The van der Waals surface area contributed by atoms with Crippen molar-refractivity contribution in [2.75, 3.05) is 6.54 Å². The fourth-order valence-corrected chi connectivity index (χ4v) is 1.42. The highest BCUT2D eigenvalue weighted by Gasteiger charge is 2.36. The highest BCUT2D eigenvalue weighted by molar-refractivity contribution is 5.39. The van der Waals surface area contributed by atoms with E-state index in [1.165, 1.54) is 10.6 Å². The van der Waals surface area contributed by atoms with Crippen LogP contribution < -0.4 is 5.73 Å². The number of hydrogen-bond acceptors (Lipinski definition) is 3. The summed E-state index contributed by atoms with van der Waals surface area (Å²) in [5.41, 5.74) is 6.15. The summed E-state index contributed by atoms with van der Waals surface area (Å²) in [7, 11) is 0. The van der Waals surface area contributed by atoms with E-state index in [2.05, 4.69) is 10.1 Å². The predicted molar refractivity (Wildman–Crippen MR) is 50.7 cm³/mol. The van der Waals surface area contributed by atoms with Crippen molar-refractivity contribution < 1.29 is 13.2 Å². The summed E-state index contributed by atoms with van der Waals surface area (Å²) in [6, 6.07) is 4.78. The Hall–Kier alpha value is -1.63. The molecule has 2 heterocycles. The van der Waals surface area contributed by atoms with Gasteiger partial charge in [-0.2, -0.15) is 13.2 Å². The molecule has 86 valence electrons. The van der Waals surface area contributed by atoms with E-state index in [0.717, 1.165) is 0 Å². The van der Waals surface area contributed by atoms with Crippen molar-refractivity contribution in [3.05, 3.63) is 29.7 Å². The molecule has 4 nitrogen and oxygen atoms in total. The summed E-state index contributed by atoms with van der Waals surface area (Å²) < 4.78 is 38.3. The lowest BCUT2D eigenvalue weighted by atomic mass is 10.3. The van der Waals surface area contributed by atoms with E-state index in [0.29, 0.717) is 18.7 Å². The second-order valence-electron chi connectivity index (χ2n) is 3.26. The maximum Gasteiger partial charge on any atom is 0.453 e. The van der Waals surface area contributed by atoms with Crippen LogP contribution in [0.5, 0.6) is 0 Å². The summed E-state index contributed by atoms with van der Waals surface area (Å²) >= 11 is 0. The van der Waals surface area contributed by atoms with Crippen LogP contribution in [-0.2, 0) is 12.6 Å². The molecule has 0 aliphatic rings. The molecule has 0 saturated carbocycles. The molecule has 0 fully saturated rings. The lowest BCUT2D eigenvalue weighted by Crippen LogP contribution is -2.10. The zero-order valence-corrected chi connectivity index (χ0v) is 8.20. The number of nitrogens with two attached hydrogens (primary N) is 1. The van der Waals surface area contributed by atoms with Crippen LogP contribution in [0.1, 0.15) is 11.5 Å². The first kappa shape index (κ1) is 10.9. The van der Waals surface area contributed by atoms with E-state index in [1.54, 1.807) is 12.1 Å². The minimum absolute atomic E-state index is 0.179. The number of rotatable bonds is 2. The van der Waals surface area contributed by atoms with Gasteiger partial charge in [0.2, 0.25) is 0 Å². The average Bonchev–Trinajstić information content (AvgIpc) is 2.62. The third kappa shape index (κ3) is 1.85. The Morgan fingerprint density at radius 1 is 1.31 bits per heavy atom. The molecule has 0 atom stereocenters. The highest BCUT2D eigenvalue weighted by atomic mass is 19.4. The lowest BCUT2D eigenvalue weighted by Gasteiger charge is -2.01. The second-order valence-corrected chi connectivity index (χ2v) is 3.26. The van der Waals surface area contributed by atoms with Gasteiger partial charge in [0, 0.05) is 12.1 Å². The molecule has 7 heteroatoms. The van der Waals surface area contributed by atoms with Crippen molar-refractivity contribution in [1.82, 2.24) is 14.6 Å². The number of pyridine rings is 1. The Balaban J connectivity index is 2.57. The zero-order chi connectivity index (χ0) is 11.8. The Bertz CT molecular complexity index is 503. The minimum atomic E-state index is -4.52. The van der Waals surface area contributed by atoms with Gasteiger partial charge in [-0.05, 0) is 18.7 Å². The van der Waals surface area contributed by atoms with E-state index in [4.69, 9.17) is 5.73 Å². The fraction of sp³-hybridized carbons (Fsp3) is 0.333. The molecule has 0 aromatic carbocycles. The molecule has 16 heavy (non-hydrogen) atoms. The summed E-state index contributed by atoms with van der Waals surface area (Å²) in [4.78, 5) is 3.41. The van der Waals surface area contributed by atoms with Gasteiger partial charge in [0.05, 0.1) is 0 Å². The van der Waals surface area contributed by atoms with Gasteiger partial charge in [-0.1, -0.05) is 6.07 Å². The van der Waals surface area contributed by atoms with Crippen molar-refractivity contribution in [3.63, 3.8) is 0 Å². The normalized spacial score (nSPS) is 12.2. The van der Waals surface area contributed by atoms with Crippen LogP contribution in [0.3, 0.4) is 0 Å². The fourth-order valence-electron chi connectivity index (χ4n) is 1.42. The second kappa shape index (κ2) is 3.75. The first-order valence-corrected chi connectivity index (χ1v) is 4.64. The molecule has 0 radical (unpaired) electrons. The van der Waals surface area contributed by atoms with E-state index in [-0.39, 0.29) is 5.65 Å². The van der Waals surface area contributed by atoms with Gasteiger partial charge in [-0.25, -0.2) is 9.50 Å². The predicted octanol–water partition coefficient (Wildman–Crippen LogP) is 1.25. The number of fused-ring (bicyclic) bond motifs is 1. The lowest BCUT2D eigenvalue weighted by molar-refractivity contribution is -0.144. The maximum absolute atomic E-state index is 12.4. The van der Waals surface area contributed by atoms with Crippen molar-refractivity contribution in [1.29, 1.82) is 0 Å². The van der Waals surface area contributed by atoms with Crippen molar-refractivity contribution in [2.24, 2.45) is 5.73 Å². The van der Waals surface area contributed by atoms with Crippen LogP contribution in [-0.4, -0.2) is 21.1 Å². The number of alkyl halides is 3. The van der Waals surface area contributed by atoms with E-state index in [1.807, 2.05) is 0 Å². The number of nitrogens with zero attached hydrogens (tertiary/aromatic N) is 3. The molecule has 2 N–H and O–H groups in total. The third-order valence-electron chi connectivity index (χ3n) is 2.09. The molecule has 0 saturated heterocycles. The monoisotopic (exact) mass is 230 g/mol. The Morgan fingerprint density at radius 2 is 2.06 bits per heavy atom. The van der Waals surface area contributed by atoms with E-state index in [9.17, 15) is 13.2 Å². The number of aromatic nitrogens is 3. The first-order chi connectivity index (χ1) is 7.52. The van der Waals surface area contributed by atoms with Crippen molar-refractivity contribution in [3.8, 4) is 0 Å². The van der Waals surface area contributed by atoms with E-state index >= 15 is 0 Å². The Kier molecular flexibility index (Phi) is 2.55. The molecule has 0 aliphatic carbocycles. The molecule has 0 bridgehead atoms. The molecular weight excluding hydrogens is 221 g/mol. The van der Waals surface area contributed by atoms with Crippen LogP contribution in [0.2, 0.25) is 0 Å². The topological polar surface area (TPSA) is 56.2 Å². The summed E-state index contributed by atoms with van der Waals surface area (Å²) in [5, 5.41) is 3.43. The van der Waals surface area contributed by atoms with Crippen molar-refractivity contribution >= 4 is 5.65 Å². The minimum Gasteiger partial charge on any atom is -0.330 e. The molecule has 0 aliphatic heterocycles. The Morgan fingerprint density at radius 3 is 2.69 bits per heavy atom. The number of halogens is 3. The SMILES string of the molecule is NCCc1cccc2nc(C(F)(F)F)nn12. The van der Waals surface area contributed by atoms with Gasteiger partial charge in [0.15, 0.2) is 5.65 Å². The van der Waals surface area contributed by atoms with Gasteiger partial charge in [-0.3, -0.25) is 0 Å². The molecule has 0 unspecified atom stereocenters. The van der Waals surface area contributed by atoms with Gasteiger partial charge in [0.25, 0.3) is 5.82 Å². The molecular formula is C9H9F3N4. The van der Waals surface area contributed by atoms with Crippen LogP contribution >= 0.6 is 0 Å². The quantitative estimate of drug-likeness (QED) is 0.844. The van der Waals surface area contributed by atoms with Crippen LogP contribution in [0.25, 0.3) is 5.65 Å². The van der Waals surface area contributed by atoms with E-state index < -0.39 is 12.0 Å². The molecule has 0 spiro atoms. The van der Waals surface area contributed by atoms with Crippen molar-refractivity contribution in [2.45, 2.75) is 12.6 Å². The maximum atomic E-state index is 12.4. The molecule has 2 aromatic heterocycles. The standard InChI is InChI=1S/C9H9F3N4/c10-9(11,12)8-14-7-3-1-2-6(4-5-13)16(7)15-8/h1-3H,4-5,13H2. The molecule has 2 aromatic rings. The third-order valence-corrected chi connectivity index (χ3v) is 2.09. The summed E-state index contributed by atoms with van der Waals surface area (Å²) in [6.45, 7) is 0.348. The molecule has 2 rings (SSSR count). The Labute approximate surface area is 88.9 Å². The van der Waals surface area contributed by atoms with Crippen LogP contribution in [0.15, 0.2) is 18.2 Å². The zero-order valence-electron chi connectivity index (χ0n) is 8.20. The van der Waals surface area contributed by atoms with Gasteiger partial charge < -0.3 is 5.73 Å². The summed E-state index contributed by atoms with van der Waals surface area (Å²) in [6.07, 6.45) is -4.07. The molecule has 0 amide bonds. The number of hydrogen-bond donors (Lipinski definition) is 1.